The van der Waals surface area contributed by atoms with E-state index in [-0.39, 0.29) is 5.56 Å². The summed E-state index contributed by atoms with van der Waals surface area (Å²) in [7, 11) is 0. The molecule has 1 aromatic heterocycles. The van der Waals surface area contributed by atoms with Gasteiger partial charge in [-0.2, -0.15) is 0 Å². The molecule has 152 valence electrons. The molecule has 4 rings (SSSR count). The predicted molar refractivity (Wildman–Crippen MR) is 117 cm³/mol. The van der Waals surface area contributed by atoms with Crippen molar-refractivity contribution in [1.82, 2.24) is 9.55 Å². The molecule has 0 bridgehead atoms. The molecule has 0 saturated heterocycles. The summed E-state index contributed by atoms with van der Waals surface area (Å²) in [6.45, 7) is 4.95. The first-order valence-corrected chi connectivity index (χ1v) is 10.6. The standard InChI is InChI=1S/C24H29N3O2/c1-16-9-10-19(17(2)13-16)15-25-24-26-21-14-18(23(28)29)11-12-22(21)27(24)20-7-5-3-4-6-8-20/h9-14,20H,3-8,15H2,1-2H3,(H,25,26)(H,28,29). The number of carboxylic acids is 1. The van der Waals surface area contributed by atoms with Crippen LogP contribution in [0.5, 0.6) is 0 Å². The minimum atomic E-state index is -0.916. The van der Waals surface area contributed by atoms with Crippen LogP contribution in [0.2, 0.25) is 0 Å². The van der Waals surface area contributed by atoms with Crippen LogP contribution in [0.4, 0.5) is 5.95 Å². The molecule has 5 nitrogen and oxygen atoms in total. The summed E-state index contributed by atoms with van der Waals surface area (Å²) in [4.78, 5) is 16.2. The van der Waals surface area contributed by atoms with Gasteiger partial charge >= 0.3 is 5.97 Å². The van der Waals surface area contributed by atoms with Crippen molar-refractivity contribution in [3.8, 4) is 0 Å². The van der Waals surface area contributed by atoms with E-state index in [1.54, 1.807) is 12.1 Å². The number of nitrogens with one attached hydrogen (secondary N) is 1. The van der Waals surface area contributed by atoms with Crippen molar-refractivity contribution in [3.05, 3.63) is 58.7 Å². The van der Waals surface area contributed by atoms with Crippen molar-refractivity contribution in [2.45, 2.75) is 65.0 Å². The normalized spacial score (nSPS) is 15.4. The second-order valence-corrected chi connectivity index (χ2v) is 8.24. The van der Waals surface area contributed by atoms with Crippen molar-refractivity contribution in [3.63, 3.8) is 0 Å². The second kappa shape index (κ2) is 8.27. The third-order valence-electron chi connectivity index (χ3n) is 6.06. The Morgan fingerprint density at radius 2 is 1.86 bits per heavy atom. The first-order chi connectivity index (χ1) is 14.0. The molecule has 1 heterocycles. The van der Waals surface area contributed by atoms with Crippen LogP contribution >= 0.6 is 0 Å². The van der Waals surface area contributed by atoms with Crippen LogP contribution in [0, 0.1) is 13.8 Å². The van der Waals surface area contributed by atoms with Gasteiger partial charge in [0.1, 0.15) is 0 Å². The van der Waals surface area contributed by atoms with E-state index in [0.29, 0.717) is 12.6 Å². The van der Waals surface area contributed by atoms with E-state index in [4.69, 9.17) is 4.98 Å². The molecule has 3 aromatic rings. The molecular formula is C24H29N3O2. The molecule has 5 heteroatoms. The summed E-state index contributed by atoms with van der Waals surface area (Å²) in [5.74, 6) is -0.0740. The third-order valence-corrected chi connectivity index (χ3v) is 6.06. The molecule has 1 fully saturated rings. The molecule has 0 unspecified atom stereocenters. The lowest BCUT2D eigenvalue weighted by Gasteiger charge is -2.21. The molecular weight excluding hydrogens is 362 g/mol. The number of carboxylic acid groups (broad SMARTS) is 1. The summed E-state index contributed by atoms with van der Waals surface area (Å²) in [6, 6.07) is 12.2. The molecule has 0 amide bonds. The monoisotopic (exact) mass is 391 g/mol. The van der Waals surface area contributed by atoms with Crippen molar-refractivity contribution in [1.29, 1.82) is 0 Å². The zero-order chi connectivity index (χ0) is 20.4. The first kappa shape index (κ1) is 19.5. The van der Waals surface area contributed by atoms with Crippen molar-refractivity contribution >= 4 is 23.0 Å². The van der Waals surface area contributed by atoms with Gasteiger partial charge in [-0.15, -0.1) is 0 Å². The fourth-order valence-electron chi connectivity index (χ4n) is 4.46. The van der Waals surface area contributed by atoms with E-state index in [0.717, 1.165) is 29.8 Å². The third kappa shape index (κ3) is 4.14. The number of hydrogen-bond acceptors (Lipinski definition) is 3. The number of aromatic carboxylic acids is 1. The number of hydrogen-bond donors (Lipinski definition) is 2. The molecule has 2 aromatic carbocycles. The highest BCUT2D eigenvalue weighted by molar-refractivity contribution is 5.93. The van der Waals surface area contributed by atoms with Crippen LogP contribution in [0.1, 0.15) is 71.6 Å². The van der Waals surface area contributed by atoms with Gasteiger partial charge in [0.25, 0.3) is 0 Å². The number of aryl methyl sites for hydroxylation is 2. The van der Waals surface area contributed by atoms with Crippen molar-refractivity contribution in [2.75, 3.05) is 5.32 Å². The number of anilines is 1. The minimum Gasteiger partial charge on any atom is -0.478 e. The van der Waals surface area contributed by atoms with Gasteiger partial charge in [-0.1, -0.05) is 49.4 Å². The highest BCUT2D eigenvalue weighted by atomic mass is 16.4. The maximum absolute atomic E-state index is 11.4. The van der Waals surface area contributed by atoms with E-state index in [1.807, 2.05) is 6.07 Å². The molecule has 1 aliphatic rings. The molecule has 2 N–H and O–H groups in total. The van der Waals surface area contributed by atoms with Crippen LogP contribution in [0.15, 0.2) is 36.4 Å². The molecule has 0 radical (unpaired) electrons. The number of fused-ring (bicyclic) bond motifs is 1. The fourth-order valence-corrected chi connectivity index (χ4v) is 4.46. The van der Waals surface area contributed by atoms with E-state index in [9.17, 15) is 9.90 Å². The van der Waals surface area contributed by atoms with Crippen LogP contribution in [0.25, 0.3) is 11.0 Å². The largest absolute Gasteiger partial charge is 0.478 e. The molecule has 1 aliphatic carbocycles. The minimum absolute atomic E-state index is 0.281. The molecule has 0 atom stereocenters. The Morgan fingerprint density at radius 1 is 1.10 bits per heavy atom. The first-order valence-electron chi connectivity index (χ1n) is 10.6. The quantitative estimate of drug-likeness (QED) is 0.535. The van der Waals surface area contributed by atoms with E-state index in [2.05, 4.69) is 41.9 Å². The summed E-state index contributed by atoms with van der Waals surface area (Å²) >= 11 is 0. The van der Waals surface area contributed by atoms with Crippen molar-refractivity contribution in [2.24, 2.45) is 0 Å². The van der Waals surface area contributed by atoms with Gasteiger partial charge in [0.15, 0.2) is 0 Å². The van der Waals surface area contributed by atoms with Gasteiger partial charge in [0.2, 0.25) is 5.95 Å². The van der Waals surface area contributed by atoms with Crippen molar-refractivity contribution < 1.29 is 9.90 Å². The van der Waals surface area contributed by atoms with Crippen LogP contribution in [0.3, 0.4) is 0 Å². The van der Waals surface area contributed by atoms with Gasteiger partial charge in [-0.25, -0.2) is 9.78 Å². The zero-order valence-corrected chi connectivity index (χ0v) is 17.2. The Kier molecular flexibility index (Phi) is 5.56. The number of aromatic nitrogens is 2. The Bertz CT molecular complexity index is 1030. The lowest BCUT2D eigenvalue weighted by Crippen LogP contribution is -2.13. The summed E-state index contributed by atoms with van der Waals surface area (Å²) in [6.07, 6.45) is 7.33. The highest BCUT2D eigenvalue weighted by Crippen LogP contribution is 2.34. The summed E-state index contributed by atoms with van der Waals surface area (Å²) in [5, 5.41) is 12.9. The van der Waals surface area contributed by atoms with E-state index < -0.39 is 5.97 Å². The summed E-state index contributed by atoms with van der Waals surface area (Å²) in [5.41, 5.74) is 5.83. The van der Waals surface area contributed by atoms with Gasteiger partial charge in [0, 0.05) is 12.6 Å². The molecule has 29 heavy (non-hydrogen) atoms. The molecule has 0 aliphatic heterocycles. The molecule has 0 spiro atoms. The van der Waals surface area contributed by atoms with Crippen LogP contribution < -0.4 is 5.32 Å². The predicted octanol–water partition coefficient (Wildman–Crippen LogP) is 5.86. The van der Waals surface area contributed by atoms with Gasteiger partial charge in [-0.05, 0) is 56.0 Å². The zero-order valence-electron chi connectivity index (χ0n) is 17.2. The number of nitrogens with zero attached hydrogens (tertiary/aromatic N) is 2. The maximum atomic E-state index is 11.4. The number of benzene rings is 2. The van der Waals surface area contributed by atoms with E-state index in [1.165, 1.54) is 42.4 Å². The maximum Gasteiger partial charge on any atom is 0.335 e. The average Bonchev–Trinajstić information content (AvgIpc) is 2.85. The fraction of sp³-hybridized carbons (Fsp3) is 0.417. The topological polar surface area (TPSA) is 67.2 Å². The number of carbonyl (C=O) groups is 1. The Morgan fingerprint density at radius 3 is 2.55 bits per heavy atom. The number of rotatable bonds is 5. The average molecular weight is 392 g/mol. The Balaban J connectivity index is 1.71. The van der Waals surface area contributed by atoms with E-state index >= 15 is 0 Å². The highest BCUT2D eigenvalue weighted by Gasteiger charge is 2.21. The van der Waals surface area contributed by atoms with Crippen LogP contribution in [-0.4, -0.2) is 20.6 Å². The Hall–Kier alpha value is -2.82. The smallest absolute Gasteiger partial charge is 0.335 e. The lowest BCUT2D eigenvalue weighted by atomic mass is 10.1. The van der Waals surface area contributed by atoms with Gasteiger partial charge in [0.05, 0.1) is 16.6 Å². The van der Waals surface area contributed by atoms with Gasteiger partial charge < -0.3 is 15.0 Å². The van der Waals surface area contributed by atoms with Gasteiger partial charge in [-0.3, -0.25) is 0 Å². The second-order valence-electron chi connectivity index (χ2n) is 8.24. The number of imidazole rings is 1. The van der Waals surface area contributed by atoms with Crippen LogP contribution in [-0.2, 0) is 6.54 Å². The Labute approximate surface area is 171 Å². The SMILES string of the molecule is Cc1ccc(CNc2nc3cc(C(=O)O)ccc3n2C2CCCCCC2)c(C)c1. The summed E-state index contributed by atoms with van der Waals surface area (Å²) < 4.78 is 2.32. The lowest BCUT2D eigenvalue weighted by molar-refractivity contribution is 0.0697. The molecule has 1 saturated carbocycles.